The number of nitrogens with one attached hydrogen (secondary N) is 1. The molecule has 3 aromatic carbocycles. The first kappa shape index (κ1) is 26.9. The molecule has 0 bridgehead atoms. The third-order valence-electron chi connectivity index (χ3n) is 5.85. The lowest BCUT2D eigenvalue weighted by Crippen LogP contribution is -2.50. The van der Waals surface area contributed by atoms with Crippen LogP contribution in [0.3, 0.4) is 0 Å². The van der Waals surface area contributed by atoms with Crippen molar-refractivity contribution >= 4 is 27.5 Å². The summed E-state index contributed by atoms with van der Waals surface area (Å²) in [6.07, 6.45) is 0. The summed E-state index contributed by atoms with van der Waals surface area (Å²) in [5, 5.41) is 2.55. The second-order valence-corrected chi connectivity index (χ2v) is 10.5. The number of aryl methyl sites for hydroxylation is 2. The molecule has 0 spiro atoms. The van der Waals surface area contributed by atoms with Crippen LogP contribution in [0.4, 0.5) is 10.1 Å². The van der Waals surface area contributed by atoms with Gasteiger partial charge in [-0.2, -0.15) is 0 Å². The molecule has 0 aliphatic carbocycles. The Bertz CT molecular complexity index is 1330. The maximum absolute atomic E-state index is 13.7. The Kier molecular flexibility index (Phi) is 8.47. The number of halogens is 1. The molecule has 0 saturated carbocycles. The van der Waals surface area contributed by atoms with E-state index in [9.17, 15) is 22.4 Å². The topological polar surface area (TPSA) is 86.8 Å². The molecule has 0 aromatic heterocycles. The number of benzene rings is 3. The molecule has 3 aromatic rings. The zero-order chi connectivity index (χ0) is 26.5. The van der Waals surface area contributed by atoms with Gasteiger partial charge >= 0.3 is 0 Å². The van der Waals surface area contributed by atoms with E-state index in [0.717, 1.165) is 45.3 Å². The first-order valence-electron chi connectivity index (χ1n) is 11.4. The molecule has 0 saturated heterocycles. The zero-order valence-electron chi connectivity index (χ0n) is 20.7. The summed E-state index contributed by atoms with van der Waals surface area (Å²) in [5.74, 6) is -1.51. The van der Waals surface area contributed by atoms with Gasteiger partial charge in [0.25, 0.3) is 10.0 Å². The first-order chi connectivity index (χ1) is 17.0. The van der Waals surface area contributed by atoms with E-state index in [2.05, 4.69) is 5.32 Å². The van der Waals surface area contributed by atoms with Crippen LogP contribution in [0.2, 0.25) is 0 Å². The summed E-state index contributed by atoms with van der Waals surface area (Å²) in [4.78, 5) is 27.3. The van der Waals surface area contributed by atoms with Crippen molar-refractivity contribution in [2.75, 3.05) is 17.9 Å². The standard InChI is InChI=1S/C27H30FN3O4S/c1-19-8-12-24(13-9-19)31(36(34,35)25-14-10-23(28)11-15-25)18-26(32)30(21(3)27(33)29-4)17-22-7-5-6-20(2)16-22/h5-16,21H,17-18H2,1-4H3,(H,29,33)/t21-/m0/s1. The average molecular weight is 512 g/mol. The van der Waals surface area contributed by atoms with E-state index in [1.807, 2.05) is 38.1 Å². The molecule has 0 aliphatic rings. The zero-order valence-corrected chi connectivity index (χ0v) is 21.5. The van der Waals surface area contributed by atoms with Crippen LogP contribution in [-0.4, -0.2) is 44.8 Å². The maximum atomic E-state index is 13.7. The second-order valence-electron chi connectivity index (χ2n) is 8.60. The van der Waals surface area contributed by atoms with E-state index in [-0.39, 0.29) is 23.0 Å². The number of hydrogen-bond donors (Lipinski definition) is 1. The Hall–Kier alpha value is -3.72. The fraction of sp³-hybridized carbons (Fsp3) is 0.259. The molecule has 0 aliphatic heterocycles. The predicted molar refractivity (Wildman–Crippen MR) is 137 cm³/mol. The number of anilines is 1. The van der Waals surface area contributed by atoms with Gasteiger partial charge in [-0.05, 0) is 62.7 Å². The van der Waals surface area contributed by atoms with Crippen LogP contribution < -0.4 is 9.62 Å². The number of rotatable bonds is 9. The molecular formula is C27H30FN3O4S. The van der Waals surface area contributed by atoms with Gasteiger partial charge in [0.15, 0.2) is 0 Å². The number of likely N-dealkylation sites (N-methyl/N-ethyl adjacent to an activating group) is 1. The lowest BCUT2D eigenvalue weighted by Gasteiger charge is -2.32. The summed E-state index contributed by atoms with van der Waals surface area (Å²) < 4.78 is 41.7. The van der Waals surface area contributed by atoms with Gasteiger partial charge in [0, 0.05) is 13.6 Å². The molecule has 0 radical (unpaired) electrons. The lowest BCUT2D eigenvalue weighted by molar-refractivity contribution is -0.139. The van der Waals surface area contributed by atoms with Crippen LogP contribution in [0, 0.1) is 19.7 Å². The Balaban J connectivity index is 2.02. The molecular weight excluding hydrogens is 481 g/mol. The van der Waals surface area contributed by atoms with E-state index < -0.39 is 34.3 Å². The van der Waals surface area contributed by atoms with Gasteiger partial charge in [-0.25, -0.2) is 12.8 Å². The van der Waals surface area contributed by atoms with Gasteiger partial charge in [-0.3, -0.25) is 13.9 Å². The van der Waals surface area contributed by atoms with E-state index in [1.54, 1.807) is 31.2 Å². The van der Waals surface area contributed by atoms with Crippen molar-refractivity contribution in [3.8, 4) is 0 Å². The Morgan fingerprint density at radius 2 is 1.58 bits per heavy atom. The monoisotopic (exact) mass is 511 g/mol. The van der Waals surface area contributed by atoms with Gasteiger partial charge in [-0.15, -0.1) is 0 Å². The predicted octanol–water partition coefficient (Wildman–Crippen LogP) is 3.80. The molecule has 0 unspecified atom stereocenters. The molecule has 36 heavy (non-hydrogen) atoms. The van der Waals surface area contributed by atoms with Crippen molar-refractivity contribution < 1.29 is 22.4 Å². The summed E-state index contributed by atoms with van der Waals surface area (Å²) in [6.45, 7) is 4.95. The van der Waals surface area contributed by atoms with E-state index in [1.165, 1.54) is 11.9 Å². The fourth-order valence-electron chi connectivity index (χ4n) is 3.77. The van der Waals surface area contributed by atoms with Crippen LogP contribution in [-0.2, 0) is 26.2 Å². The Morgan fingerprint density at radius 3 is 2.17 bits per heavy atom. The molecule has 7 nitrogen and oxygen atoms in total. The average Bonchev–Trinajstić information content (AvgIpc) is 2.85. The van der Waals surface area contributed by atoms with Gasteiger partial charge in [0.05, 0.1) is 10.6 Å². The molecule has 1 atom stereocenters. The van der Waals surface area contributed by atoms with Crippen LogP contribution in [0.25, 0.3) is 0 Å². The van der Waals surface area contributed by atoms with E-state index >= 15 is 0 Å². The van der Waals surface area contributed by atoms with Gasteiger partial charge < -0.3 is 10.2 Å². The highest BCUT2D eigenvalue weighted by Gasteiger charge is 2.32. The van der Waals surface area contributed by atoms with Crippen molar-refractivity contribution in [3.63, 3.8) is 0 Å². The molecule has 9 heteroatoms. The summed E-state index contributed by atoms with van der Waals surface area (Å²) >= 11 is 0. The molecule has 0 fully saturated rings. The third-order valence-corrected chi connectivity index (χ3v) is 7.64. The summed E-state index contributed by atoms with van der Waals surface area (Å²) in [7, 11) is -2.75. The van der Waals surface area contributed by atoms with Crippen molar-refractivity contribution in [1.29, 1.82) is 0 Å². The highest BCUT2D eigenvalue weighted by molar-refractivity contribution is 7.92. The third kappa shape index (κ3) is 6.28. The van der Waals surface area contributed by atoms with Crippen molar-refractivity contribution in [3.05, 3.63) is 95.3 Å². The quantitative estimate of drug-likeness (QED) is 0.474. The largest absolute Gasteiger partial charge is 0.357 e. The maximum Gasteiger partial charge on any atom is 0.264 e. The summed E-state index contributed by atoms with van der Waals surface area (Å²) in [6, 6.07) is 17.8. The number of hydrogen-bond acceptors (Lipinski definition) is 4. The van der Waals surface area contributed by atoms with Gasteiger partial charge in [-0.1, -0.05) is 47.5 Å². The number of nitrogens with zero attached hydrogens (tertiary/aromatic N) is 2. The van der Waals surface area contributed by atoms with Gasteiger partial charge in [0.2, 0.25) is 11.8 Å². The number of amides is 2. The normalized spacial score (nSPS) is 12.0. The number of carbonyl (C=O) groups excluding carboxylic acids is 2. The molecule has 190 valence electrons. The minimum absolute atomic E-state index is 0.118. The number of carbonyl (C=O) groups is 2. The van der Waals surface area contributed by atoms with Crippen LogP contribution >= 0.6 is 0 Å². The lowest BCUT2D eigenvalue weighted by atomic mass is 10.1. The van der Waals surface area contributed by atoms with Crippen molar-refractivity contribution in [2.45, 2.75) is 38.3 Å². The van der Waals surface area contributed by atoms with Crippen molar-refractivity contribution in [1.82, 2.24) is 10.2 Å². The van der Waals surface area contributed by atoms with Gasteiger partial charge in [0.1, 0.15) is 18.4 Å². The van der Waals surface area contributed by atoms with Crippen LogP contribution in [0.1, 0.15) is 23.6 Å². The van der Waals surface area contributed by atoms with Crippen LogP contribution in [0.5, 0.6) is 0 Å². The van der Waals surface area contributed by atoms with E-state index in [0.29, 0.717) is 0 Å². The highest BCUT2D eigenvalue weighted by Crippen LogP contribution is 2.25. The van der Waals surface area contributed by atoms with Crippen LogP contribution in [0.15, 0.2) is 77.7 Å². The molecule has 1 N–H and O–H groups in total. The molecule has 3 rings (SSSR count). The van der Waals surface area contributed by atoms with Crippen molar-refractivity contribution in [2.24, 2.45) is 0 Å². The minimum Gasteiger partial charge on any atom is -0.357 e. The summed E-state index contributed by atoms with van der Waals surface area (Å²) in [5.41, 5.74) is 3.00. The number of sulfonamides is 1. The Labute approximate surface area is 211 Å². The first-order valence-corrected chi connectivity index (χ1v) is 12.9. The Morgan fingerprint density at radius 1 is 0.944 bits per heavy atom. The van der Waals surface area contributed by atoms with E-state index in [4.69, 9.17) is 0 Å². The highest BCUT2D eigenvalue weighted by atomic mass is 32.2. The SMILES string of the molecule is CNC(=O)[C@H](C)N(Cc1cccc(C)c1)C(=O)CN(c1ccc(C)cc1)S(=O)(=O)c1ccc(F)cc1. The second kappa shape index (κ2) is 11.3. The minimum atomic E-state index is -4.22. The fourth-order valence-corrected chi connectivity index (χ4v) is 5.19. The smallest absolute Gasteiger partial charge is 0.264 e. The molecule has 2 amide bonds. The molecule has 0 heterocycles.